The second-order valence-corrected chi connectivity index (χ2v) is 11.1. The molecule has 2 aromatic carbocycles. The molecule has 0 aliphatic carbocycles. The third-order valence-corrected chi connectivity index (χ3v) is 8.26. The lowest BCUT2D eigenvalue weighted by Crippen LogP contribution is -2.29. The van der Waals surface area contributed by atoms with E-state index in [0.29, 0.717) is 22.9 Å². The number of halogens is 2. The highest BCUT2D eigenvalue weighted by Gasteiger charge is 2.20. The molecule has 0 spiro atoms. The summed E-state index contributed by atoms with van der Waals surface area (Å²) in [5, 5.41) is 6.92. The third-order valence-electron chi connectivity index (χ3n) is 7.21. The summed E-state index contributed by atoms with van der Waals surface area (Å²) in [4.78, 5) is 26.2. The molecule has 208 valence electrons. The maximum atomic E-state index is 15.2. The number of anilines is 1. The highest BCUT2D eigenvalue weighted by Crippen LogP contribution is 2.36. The van der Waals surface area contributed by atoms with Crippen LogP contribution < -0.4 is 15.6 Å². The summed E-state index contributed by atoms with van der Waals surface area (Å²) in [7, 11) is 0. The van der Waals surface area contributed by atoms with E-state index in [1.165, 1.54) is 36.4 Å². The normalized spacial score (nSPS) is 13.8. The molecule has 3 aromatic heterocycles. The topological polar surface area (TPSA) is 77.6 Å². The Hall–Kier alpha value is -4.44. The zero-order valence-electron chi connectivity index (χ0n) is 22.1. The van der Waals surface area contributed by atoms with Gasteiger partial charge in [-0.3, -0.25) is 14.2 Å². The first-order valence-corrected chi connectivity index (χ1v) is 14.4. The van der Waals surface area contributed by atoms with Crippen molar-refractivity contribution in [1.82, 2.24) is 14.2 Å². The average molecular weight is 573 g/mol. The molecule has 1 saturated heterocycles. The van der Waals surface area contributed by atoms with Gasteiger partial charge in [-0.25, -0.2) is 13.3 Å². The molecule has 1 N–H and O–H groups in total. The molecular weight excluding hydrogens is 546 g/mol. The first kappa shape index (κ1) is 26.8. The highest BCUT2D eigenvalue weighted by molar-refractivity contribution is 7.99. The molecule has 0 radical (unpaired) electrons. The minimum atomic E-state index is -0.743. The second-order valence-electron chi connectivity index (χ2n) is 9.87. The first-order valence-electron chi connectivity index (χ1n) is 13.2. The zero-order chi connectivity index (χ0) is 28.5. The van der Waals surface area contributed by atoms with Crippen LogP contribution in [0.2, 0.25) is 0 Å². The second kappa shape index (κ2) is 11.2. The van der Waals surface area contributed by atoms with E-state index in [1.54, 1.807) is 35.8 Å². The Bertz CT molecular complexity index is 1830. The van der Waals surface area contributed by atoms with Gasteiger partial charge < -0.3 is 10.1 Å². The molecule has 1 aliphatic rings. The molecule has 0 bridgehead atoms. The molecule has 41 heavy (non-hydrogen) atoms. The van der Waals surface area contributed by atoms with Crippen LogP contribution in [0.15, 0.2) is 83.9 Å². The van der Waals surface area contributed by atoms with E-state index in [2.05, 4.69) is 10.4 Å². The van der Waals surface area contributed by atoms with Gasteiger partial charge in [0.05, 0.1) is 11.9 Å². The molecule has 0 saturated carbocycles. The number of carbonyl (C=O) groups excluding carboxylic acids is 1. The number of fused-ring (bicyclic) bond motifs is 1. The summed E-state index contributed by atoms with van der Waals surface area (Å²) in [6.07, 6.45) is 5.80. The molecule has 0 unspecified atom stereocenters. The summed E-state index contributed by atoms with van der Waals surface area (Å²) in [6.45, 7) is 1.64. The number of benzene rings is 2. The van der Waals surface area contributed by atoms with Crippen molar-refractivity contribution in [1.29, 1.82) is 0 Å². The van der Waals surface area contributed by atoms with Crippen molar-refractivity contribution >= 4 is 28.9 Å². The quantitative estimate of drug-likeness (QED) is 0.244. The monoisotopic (exact) mass is 572 g/mol. The SMILES string of the molecule is Cc1ccc(C(=O)Nc2ccc(Oc3cc(C4CCSCC4)cn4nccc34)c(F)c2)c(=O)n1-c1ccccc1F. The lowest BCUT2D eigenvalue weighted by molar-refractivity contribution is 0.102. The van der Waals surface area contributed by atoms with E-state index in [1.807, 2.05) is 24.0 Å². The van der Waals surface area contributed by atoms with Crippen LogP contribution in [0.5, 0.6) is 11.5 Å². The van der Waals surface area contributed by atoms with E-state index in [9.17, 15) is 14.0 Å². The Morgan fingerprint density at radius 3 is 2.59 bits per heavy atom. The Balaban J connectivity index is 1.25. The Kier molecular flexibility index (Phi) is 7.32. The van der Waals surface area contributed by atoms with Crippen LogP contribution in [-0.4, -0.2) is 31.6 Å². The number of amides is 1. The van der Waals surface area contributed by atoms with Gasteiger partial charge in [-0.2, -0.15) is 16.9 Å². The number of hydrogen-bond acceptors (Lipinski definition) is 5. The molecule has 1 fully saturated rings. The number of thioether (sulfide) groups is 1. The van der Waals surface area contributed by atoms with Crippen LogP contribution in [0.1, 0.15) is 40.4 Å². The van der Waals surface area contributed by atoms with Crippen molar-refractivity contribution in [2.24, 2.45) is 0 Å². The van der Waals surface area contributed by atoms with Crippen molar-refractivity contribution in [3.05, 3.63) is 118 Å². The van der Waals surface area contributed by atoms with Crippen LogP contribution in [0, 0.1) is 18.6 Å². The number of pyridine rings is 2. The van der Waals surface area contributed by atoms with Crippen LogP contribution in [0.4, 0.5) is 14.5 Å². The van der Waals surface area contributed by atoms with Gasteiger partial charge in [0.1, 0.15) is 16.9 Å². The van der Waals surface area contributed by atoms with E-state index in [4.69, 9.17) is 4.74 Å². The number of nitrogens with one attached hydrogen (secondary N) is 1. The number of aromatic nitrogens is 3. The lowest BCUT2D eigenvalue weighted by atomic mass is 9.95. The van der Waals surface area contributed by atoms with Crippen molar-refractivity contribution in [2.45, 2.75) is 25.7 Å². The van der Waals surface area contributed by atoms with Crippen LogP contribution in [-0.2, 0) is 0 Å². The molecule has 6 rings (SSSR count). The van der Waals surface area contributed by atoms with E-state index < -0.39 is 23.1 Å². The third kappa shape index (κ3) is 5.35. The number of para-hydroxylation sites is 1. The van der Waals surface area contributed by atoms with Gasteiger partial charge in [0.25, 0.3) is 11.5 Å². The smallest absolute Gasteiger partial charge is 0.268 e. The van der Waals surface area contributed by atoms with Crippen LogP contribution >= 0.6 is 11.8 Å². The van der Waals surface area contributed by atoms with E-state index in [0.717, 1.165) is 40.5 Å². The molecule has 10 heteroatoms. The number of hydrogen-bond donors (Lipinski definition) is 1. The number of rotatable bonds is 6. The van der Waals surface area contributed by atoms with Gasteiger partial charge in [-0.05, 0) is 91.3 Å². The summed E-state index contributed by atoms with van der Waals surface area (Å²) < 4.78 is 38.5. The van der Waals surface area contributed by atoms with Gasteiger partial charge in [-0.1, -0.05) is 12.1 Å². The maximum Gasteiger partial charge on any atom is 0.268 e. The van der Waals surface area contributed by atoms with Gasteiger partial charge in [0.15, 0.2) is 17.3 Å². The number of carbonyl (C=O) groups is 1. The molecule has 1 amide bonds. The van der Waals surface area contributed by atoms with Crippen molar-refractivity contribution < 1.29 is 18.3 Å². The fourth-order valence-corrected chi connectivity index (χ4v) is 6.17. The molecule has 1 aliphatic heterocycles. The molecule has 5 aromatic rings. The van der Waals surface area contributed by atoms with E-state index >= 15 is 4.39 Å². The van der Waals surface area contributed by atoms with Crippen molar-refractivity contribution in [3.63, 3.8) is 0 Å². The van der Waals surface area contributed by atoms with Crippen LogP contribution in [0.25, 0.3) is 11.2 Å². The van der Waals surface area contributed by atoms with Crippen molar-refractivity contribution in [2.75, 3.05) is 16.8 Å². The fraction of sp³-hybridized carbons (Fsp3) is 0.194. The van der Waals surface area contributed by atoms with Gasteiger partial charge in [0.2, 0.25) is 0 Å². The molecule has 4 heterocycles. The predicted octanol–water partition coefficient (Wildman–Crippen LogP) is 6.73. The Morgan fingerprint density at radius 1 is 1.00 bits per heavy atom. The standard InChI is InChI=1S/C31H26F2N4O3S/c1-19-6-8-23(31(39)37(19)26-5-3-2-4-24(26)32)30(38)35-22-7-9-28(25(33)17-22)40-29-16-21(20-11-14-41-15-12-20)18-36-27(29)10-13-34-36/h2-10,13,16-18,20H,11-12,14-15H2,1H3,(H,35,38). The summed E-state index contributed by atoms with van der Waals surface area (Å²) in [6, 6.07) is 16.5. The summed E-state index contributed by atoms with van der Waals surface area (Å²) in [5.74, 6) is 1.03. The average Bonchev–Trinajstić information content (AvgIpc) is 3.45. The van der Waals surface area contributed by atoms with Gasteiger partial charge >= 0.3 is 0 Å². The number of aryl methyl sites for hydroxylation is 1. The van der Waals surface area contributed by atoms with E-state index in [-0.39, 0.29) is 22.7 Å². The number of nitrogens with zero attached hydrogens (tertiary/aromatic N) is 3. The summed E-state index contributed by atoms with van der Waals surface area (Å²) in [5.41, 5.74) is 1.55. The molecular formula is C31H26F2N4O3S. The Labute approximate surface area is 238 Å². The largest absolute Gasteiger partial charge is 0.452 e. The minimum Gasteiger partial charge on any atom is -0.452 e. The molecule has 7 nitrogen and oxygen atoms in total. The van der Waals surface area contributed by atoms with Gasteiger partial charge in [0, 0.05) is 23.6 Å². The lowest BCUT2D eigenvalue weighted by Gasteiger charge is -2.22. The Morgan fingerprint density at radius 2 is 1.80 bits per heavy atom. The zero-order valence-corrected chi connectivity index (χ0v) is 23.0. The number of ether oxygens (including phenoxy) is 1. The maximum absolute atomic E-state index is 15.2. The minimum absolute atomic E-state index is 0.0142. The van der Waals surface area contributed by atoms with Crippen molar-refractivity contribution in [3.8, 4) is 17.2 Å². The predicted molar refractivity (Wildman–Crippen MR) is 156 cm³/mol. The highest BCUT2D eigenvalue weighted by atomic mass is 32.2. The van der Waals surface area contributed by atoms with Gasteiger partial charge in [-0.15, -0.1) is 0 Å². The fourth-order valence-electron chi connectivity index (χ4n) is 5.07. The summed E-state index contributed by atoms with van der Waals surface area (Å²) >= 11 is 1.95. The molecule has 0 atom stereocenters. The van der Waals surface area contributed by atoms with Crippen LogP contribution in [0.3, 0.4) is 0 Å². The first-order chi connectivity index (χ1) is 19.9.